The van der Waals surface area contributed by atoms with Gasteiger partial charge in [-0.3, -0.25) is 4.79 Å². The third-order valence-corrected chi connectivity index (χ3v) is 3.64. The first-order valence-corrected chi connectivity index (χ1v) is 6.82. The van der Waals surface area contributed by atoms with Crippen molar-refractivity contribution in [2.75, 3.05) is 5.32 Å². The van der Waals surface area contributed by atoms with Gasteiger partial charge in [0, 0.05) is 10.2 Å². The van der Waals surface area contributed by atoms with E-state index in [1.54, 1.807) is 0 Å². The lowest BCUT2D eigenvalue weighted by Crippen LogP contribution is -2.44. The van der Waals surface area contributed by atoms with Crippen LogP contribution in [0.4, 0.5) is 5.69 Å². The van der Waals surface area contributed by atoms with Crippen molar-refractivity contribution in [2.45, 2.75) is 38.0 Å². The Morgan fingerprint density at radius 1 is 1.44 bits per heavy atom. The molecule has 0 saturated carbocycles. The first kappa shape index (κ1) is 13.4. The van der Waals surface area contributed by atoms with Crippen LogP contribution in [0, 0.1) is 0 Å². The molecule has 3 atom stereocenters. The Morgan fingerprint density at radius 2 is 2.11 bits per heavy atom. The molecule has 5 heteroatoms. The topological polar surface area (TPSA) is 64.3 Å². The zero-order valence-corrected chi connectivity index (χ0v) is 11.8. The van der Waals surface area contributed by atoms with Crippen LogP contribution >= 0.6 is 15.9 Å². The minimum absolute atomic E-state index is 0.138. The van der Waals surface area contributed by atoms with Crippen molar-refractivity contribution >= 4 is 27.5 Å². The van der Waals surface area contributed by atoms with Crippen molar-refractivity contribution in [3.05, 3.63) is 28.7 Å². The van der Waals surface area contributed by atoms with Gasteiger partial charge in [0.1, 0.15) is 6.04 Å². The van der Waals surface area contributed by atoms with Gasteiger partial charge in [-0.2, -0.15) is 0 Å². The second kappa shape index (κ2) is 5.71. The van der Waals surface area contributed by atoms with E-state index in [1.807, 2.05) is 31.2 Å². The predicted molar refractivity (Wildman–Crippen MR) is 74.3 cm³/mol. The molecule has 1 aromatic carbocycles. The van der Waals surface area contributed by atoms with Crippen LogP contribution in [0.5, 0.6) is 0 Å². The van der Waals surface area contributed by atoms with E-state index in [2.05, 4.69) is 21.2 Å². The highest BCUT2D eigenvalue weighted by Crippen LogP contribution is 2.24. The highest BCUT2D eigenvalue weighted by molar-refractivity contribution is 9.10. The Balaban J connectivity index is 2.07. The van der Waals surface area contributed by atoms with Crippen LogP contribution in [-0.4, -0.2) is 24.2 Å². The van der Waals surface area contributed by atoms with Gasteiger partial charge in [0.15, 0.2) is 0 Å². The van der Waals surface area contributed by atoms with Crippen molar-refractivity contribution in [3.8, 4) is 0 Å². The molecular formula is C13H17BrN2O2. The molecule has 3 N–H and O–H groups in total. The molecule has 2 rings (SSSR count). The monoisotopic (exact) mass is 312 g/mol. The summed E-state index contributed by atoms with van der Waals surface area (Å²) in [4.78, 5) is 11.5. The molecule has 0 spiro atoms. The second-order valence-corrected chi connectivity index (χ2v) is 5.51. The number of amides is 1. The van der Waals surface area contributed by atoms with E-state index in [4.69, 9.17) is 10.5 Å². The van der Waals surface area contributed by atoms with Crippen LogP contribution in [0.2, 0.25) is 0 Å². The number of nitrogens with two attached hydrogens (primary N) is 1. The minimum atomic E-state index is -0.476. The number of rotatable bonds is 4. The van der Waals surface area contributed by atoms with Gasteiger partial charge in [0.2, 0.25) is 5.91 Å². The van der Waals surface area contributed by atoms with Crippen molar-refractivity contribution in [3.63, 3.8) is 0 Å². The van der Waals surface area contributed by atoms with E-state index < -0.39 is 6.04 Å². The number of benzene rings is 1. The van der Waals surface area contributed by atoms with Crippen molar-refractivity contribution in [1.82, 2.24) is 0 Å². The Bertz CT molecular complexity index is 422. The Kier molecular flexibility index (Phi) is 4.24. The molecule has 1 heterocycles. The van der Waals surface area contributed by atoms with Gasteiger partial charge in [-0.15, -0.1) is 0 Å². The predicted octanol–water partition coefficient (Wildman–Crippen LogP) is 2.28. The van der Waals surface area contributed by atoms with Gasteiger partial charge in [0.25, 0.3) is 0 Å². The first-order chi connectivity index (χ1) is 8.56. The molecule has 0 radical (unpaired) electrons. The zero-order chi connectivity index (χ0) is 13.1. The fourth-order valence-electron chi connectivity index (χ4n) is 2.15. The van der Waals surface area contributed by atoms with Gasteiger partial charge in [-0.25, -0.2) is 0 Å². The molecule has 3 unspecified atom stereocenters. The molecule has 4 nitrogen and oxygen atoms in total. The van der Waals surface area contributed by atoms with Gasteiger partial charge in [0.05, 0.1) is 12.2 Å². The molecule has 1 aliphatic heterocycles. The Hall–Kier alpha value is -1.07. The molecule has 0 aromatic heterocycles. The number of nitrogens with one attached hydrogen (secondary N) is 1. The smallest absolute Gasteiger partial charge is 0.242 e. The van der Waals surface area contributed by atoms with Gasteiger partial charge >= 0.3 is 0 Å². The summed E-state index contributed by atoms with van der Waals surface area (Å²) in [5, 5.41) is 3.15. The van der Waals surface area contributed by atoms with E-state index >= 15 is 0 Å². The van der Waals surface area contributed by atoms with Crippen molar-refractivity contribution in [1.29, 1.82) is 0 Å². The molecule has 0 aliphatic carbocycles. The summed E-state index contributed by atoms with van der Waals surface area (Å²) in [7, 11) is 0. The third kappa shape index (κ3) is 3.23. The summed E-state index contributed by atoms with van der Waals surface area (Å²) in [6.45, 7) is 2.01. The normalized spacial score (nSPS) is 24.8. The molecule has 1 aromatic rings. The Labute approximate surface area is 115 Å². The third-order valence-electron chi connectivity index (χ3n) is 3.11. The largest absolute Gasteiger partial charge is 0.373 e. The van der Waals surface area contributed by atoms with E-state index in [0.29, 0.717) is 0 Å². The van der Waals surface area contributed by atoms with Crippen LogP contribution in [0.1, 0.15) is 19.8 Å². The van der Waals surface area contributed by atoms with Crippen molar-refractivity contribution in [2.24, 2.45) is 5.73 Å². The molecule has 0 bridgehead atoms. The maximum absolute atomic E-state index is 11.5. The van der Waals surface area contributed by atoms with Crippen LogP contribution in [-0.2, 0) is 9.53 Å². The molecule has 1 amide bonds. The number of anilines is 1. The van der Waals surface area contributed by atoms with Crippen LogP contribution < -0.4 is 11.1 Å². The van der Waals surface area contributed by atoms with Gasteiger partial charge in [-0.05, 0) is 44.0 Å². The summed E-state index contributed by atoms with van der Waals surface area (Å²) in [6, 6.07) is 7.16. The fourth-order valence-corrected chi connectivity index (χ4v) is 2.42. The maximum atomic E-state index is 11.5. The molecular weight excluding hydrogens is 296 g/mol. The van der Waals surface area contributed by atoms with E-state index in [9.17, 15) is 4.79 Å². The average molecular weight is 313 g/mol. The van der Waals surface area contributed by atoms with Gasteiger partial charge in [-0.1, -0.05) is 15.9 Å². The number of ether oxygens (including phenoxy) is 1. The molecule has 18 heavy (non-hydrogen) atoms. The summed E-state index contributed by atoms with van der Waals surface area (Å²) in [5.74, 6) is -0.378. The lowest BCUT2D eigenvalue weighted by Gasteiger charge is -2.23. The number of hydrogen-bond donors (Lipinski definition) is 2. The number of carbonyl (C=O) groups is 1. The number of hydrogen-bond acceptors (Lipinski definition) is 3. The van der Waals surface area contributed by atoms with Gasteiger partial charge < -0.3 is 15.8 Å². The van der Waals surface area contributed by atoms with Crippen LogP contribution in [0.3, 0.4) is 0 Å². The lowest BCUT2D eigenvalue weighted by molar-refractivity contribution is -0.121. The average Bonchev–Trinajstić information content (AvgIpc) is 2.74. The fraction of sp³-hybridized carbons (Fsp3) is 0.462. The quantitative estimate of drug-likeness (QED) is 0.896. The maximum Gasteiger partial charge on any atom is 0.242 e. The highest BCUT2D eigenvalue weighted by Gasteiger charge is 2.33. The number of primary amides is 1. The van der Waals surface area contributed by atoms with Crippen LogP contribution in [0.25, 0.3) is 0 Å². The SMILES string of the molecule is CC1CCC(C(Nc2ccc(Br)cc2)C(N)=O)O1. The molecule has 98 valence electrons. The van der Waals surface area contributed by atoms with E-state index in [0.717, 1.165) is 23.0 Å². The summed E-state index contributed by atoms with van der Waals surface area (Å²) in [6.07, 6.45) is 1.89. The molecule has 1 aliphatic rings. The summed E-state index contributed by atoms with van der Waals surface area (Å²) < 4.78 is 6.70. The number of halogens is 1. The van der Waals surface area contributed by atoms with Crippen molar-refractivity contribution < 1.29 is 9.53 Å². The zero-order valence-electron chi connectivity index (χ0n) is 10.2. The summed E-state index contributed by atoms with van der Waals surface area (Å²) in [5.41, 5.74) is 6.31. The van der Waals surface area contributed by atoms with E-state index in [1.165, 1.54) is 0 Å². The summed E-state index contributed by atoms with van der Waals surface area (Å²) >= 11 is 3.37. The Morgan fingerprint density at radius 3 is 2.61 bits per heavy atom. The second-order valence-electron chi connectivity index (χ2n) is 4.59. The molecule has 1 fully saturated rings. The standard InChI is InChI=1S/C13H17BrN2O2/c1-8-2-7-11(18-8)12(13(15)17)16-10-5-3-9(14)4-6-10/h3-6,8,11-12,16H,2,7H2,1H3,(H2,15,17). The minimum Gasteiger partial charge on any atom is -0.373 e. The number of carbonyl (C=O) groups excluding carboxylic acids is 1. The lowest BCUT2D eigenvalue weighted by atomic mass is 10.1. The highest BCUT2D eigenvalue weighted by atomic mass is 79.9. The van der Waals surface area contributed by atoms with E-state index in [-0.39, 0.29) is 18.1 Å². The van der Waals surface area contributed by atoms with Crippen LogP contribution in [0.15, 0.2) is 28.7 Å². The molecule has 1 saturated heterocycles. The first-order valence-electron chi connectivity index (χ1n) is 6.03.